The highest BCUT2D eigenvalue weighted by molar-refractivity contribution is 5.87. The Morgan fingerprint density at radius 2 is 1.53 bits per heavy atom. The normalized spacial score (nSPS) is 9.16. The van der Waals surface area contributed by atoms with E-state index in [2.05, 4.69) is 20.1 Å². The molecule has 0 amide bonds. The van der Waals surface area contributed by atoms with Crippen molar-refractivity contribution in [1.82, 2.24) is 0 Å². The Morgan fingerprint density at radius 3 is 1.79 bits per heavy atom. The van der Waals surface area contributed by atoms with Crippen molar-refractivity contribution in [2.24, 2.45) is 0 Å². The lowest BCUT2D eigenvalue weighted by atomic mass is 10.3. The summed E-state index contributed by atoms with van der Waals surface area (Å²) in [7, 11) is 0. The van der Waals surface area contributed by atoms with Crippen molar-refractivity contribution in [3.05, 3.63) is 24.3 Å². The molecular weight excluding hydrogens is 244 g/mol. The Kier molecular flexibility index (Phi) is 12.0. The molecule has 0 aromatic heterocycles. The maximum atomic E-state index is 10.7. The van der Waals surface area contributed by atoms with Crippen molar-refractivity contribution in [3.63, 3.8) is 0 Å². The topological polar surface area (TPSA) is 52.6 Å². The van der Waals surface area contributed by atoms with Gasteiger partial charge in [0.25, 0.3) is 0 Å². The number of rotatable bonds is 6. The molecule has 0 aliphatic carbocycles. The second-order valence-corrected chi connectivity index (χ2v) is 4.50. The van der Waals surface area contributed by atoms with E-state index in [0.29, 0.717) is 17.8 Å². The van der Waals surface area contributed by atoms with Crippen LogP contribution in [0.2, 0.25) is 0 Å². The molecule has 0 saturated carbocycles. The van der Waals surface area contributed by atoms with E-state index in [0.717, 1.165) is 12.8 Å². The number of esters is 2. The first-order valence-electron chi connectivity index (χ1n) is 6.41. The molecule has 0 heterocycles. The average Bonchev–Trinajstić information content (AvgIpc) is 2.28. The molecule has 4 nitrogen and oxygen atoms in total. The van der Waals surface area contributed by atoms with Gasteiger partial charge in [-0.05, 0) is 34.1 Å². The summed E-state index contributed by atoms with van der Waals surface area (Å²) >= 11 is 0. The minimum atomic E-state index is -0.315. The van der Waals surface area contributed by atoms with Gasteiger partial charge in [-0.15, -0.1) is 0 Å². The summed E-state index contributed by atoms with van der Waals surface area (Å²) in [4.78, 5) is 21.3. The molecule has 0 unspecified atom stereocenters. The molecular formula is C15H26O4. The minimum Gasteiger partial charge on any atom is -0.462 e. The molecule has 4 heteroatoms. The fraction of sp³-hybridized carbons (Fsp3) is 0.600. The van der Waals surface area contributed by atoms with E-state index in [-0.39, 0.29) is 18.0 Å². The van der Waals surface area contributed by atoms with Crippen molar-refractivity contribution < 1.29 is 19.1 Å². The predicted octanol–water partition coefficient (Wildman–Crippen LogP) is 3.42. The Morgan fingerprint density at radius 1 is 1.05 bits per heavy atom. The Labute approximate surface area is 116 Å². The summed E-state index contributed by atoms with van der Waals surface area (Å²) in [6, 6.07) is 0. The molecule has 0 fully saturated rings. The third-order valence-electron chi connectivity index (χ3n) is 1.77. The van der Waals surface area contributed by atoms with Crippen LogP contribution in [-0.2, 0) is 19.1 Å². The van der Waals surface area contributed by atoms with Crippen LogP contribution < -0.4 is 0 Å². The molecule has 0 spiro atoms. The maximum absolute atomic E-state index is 10.7. The first-order valence-corrected chi connectivity index (χ1v) is 6.41. The summed E-state index contributed by atoms with van der Waals surface area (Å²) in [5.41, 5.74) is 0.916. The van der Waals surface area contributed by atoms with Gasteiger partial charge in [0, 0.05) is 11.1 Å². The zero-order valence-corrected chi connectivity index (χ0v) is 12.7. The fourth-order valence-electron chi connectivity index (χ4n) is 0.747. The molecule has 0 atom stereocenters. The molecule has 0 N–H and O–H groups in total. The quantitative estimate of drug-likeness (QED) is 0.421. The van der Waals surface area contributed by atoms with E-state index in [1.165, 1.54) is 0 Å². The molecule has 0 aromatic carbocycles. The standard InChI is InChI=1S/C8H14O2.C7H12O2/c1-4-5-6-10-8(9)7(2)3;1-5(2)7(8)9-6(3)4/h2,4-6H2,1,3H3;6H,1H2,2-4H3. The van der Waals surface area contributed by atoms with Crippen LogP contribution in [0.1, 0.15) is 47.5 Å². The van der Waals surface area contributed by atoms with Crippen LogP contribution >= 0.6 is 0 Å². The third kappa shape index (κ3) is 14.4. The monoisotopic (exact) mass is 270 g/mol. The maximum Gasteiger partial charge on any atom is 0.333 e. The fourth-order valence-corrected chi connectivity index (χ4v) is 0.747. The number of unbranched alkanes of at least 4 members (excludes halogenated alkanes) is 1. The van der Waals surface area contributed by atoms with E-state index in [1.807, 2.05) is 0 Å². The van der Waals surface area contributed by atoms with Crippen LogP contribution in [0.4, 0.5) is 0 Å². The molecule has 19 heavy (non-hydrogen) atoms. The lowest BCUT2D eigenvalue weighted by molar-refractivity contribution is -0.142. The van der Waals surface area contributed by atoms with Gasteiger partial charge in [0.15, 0.2) is 0 Å². The number of carbonyl (C=O) groups excluding carboxylic acids is 2. The molecule has 0 aliphatic rings. The number of hydrogen-bond acceptors (Lipinski definition) is 4. The predicted molar refractivity (Wildman–Crippen MR) is 76.7 cm³/mol. The zero-order chi connectivity index (χ0) is 15.4. The number of ether oxygens (including phenoxy) is 2. The van der Waals surface area contributed by atoms with Crippen molar-refractivity contribution in [3.8, 4) is 0 Å². The smallest absolute Gasteiger partial charge is 0.333 e. The van der Waals surface area contributed by atoms with Crippen LogP contribution in [-0.4, -0.2) is 24.6 Å². The third-order valence-corrected chi connectivity index (χ3v) is 1.77. The van der Waals surface area contributed by atoms with E-state index in [4.69, 9.17) is 9.47 Å². The first kappa shape index (κ1) is 19.8. The molecule has 0 bridgehead atoms. The van der Waals surface area contributed by atoms with Gasteiger partial charge in [-0.2, -0.15) is 0 Å². The van der Waals surface area contributed by atoms with Crippen LogP contribution in [0.15, 0.2) is 24.3 Å². The van der Waals surface area contributed by atoms with Gasteiger partial charge in [0.2, 0.25) is 0 Å². The summed E-state index contributed by atoms with van der Waals surface area (Å²) < 4.78 is 9.58. The largest absolute Gasteiger partial charge is 0.462 e. The van der Waals surface area contributed by atoms with E-state index >= 15 is 0 Å². The van der Waals surface area contributed by atoms with E-state index in [1.54, 1.807) is 27.7 Å². The van der Waals surface area contributed by atoms with Gasteiger partial charge in [0.1, 0.15) is 0 Å². The Balaban J connectivity index is 0. The summed E-state index contributed by atoms with van der Waals surface area (Å²) in [6.07, 6.45) is 1.93. The number of carbonyl (C=O) groups is 2. The second kappa shape index (κ2) is 11.5. The molecule has 0 aliphatic heterocycles. The van der Waals surface area contributed by atoms with E-state index in [9.17, 15) is 9.59 Å². The lowest BCUT2D eigenvalue weighted by Gasteiger charge is -2.05. The highest BCUT2D eigenvalue weighted by Crippen LogP contribution is 1.96. The van der Waals surface area contributed by atoms with Gasteiger partial charge in [-0.25, -0.2) is 9.59 Å². The molecule has 0 saturated heterocycles. The zero-order valence-electron chi connectivity index (χ0n) is 12.7. The highest BCUT2D eigenvalue weighted by atomic mass is 16.5. The molecule has 110 valence electrons. The SMILES string of the molecule is C=C(C)C(=O)OC(C)C.C=C(C)C(=O)OCCCC. The van der Waals surface area contributed by atoms with E-state index < -0.39 is 0 Å². The molecule has 0 rings (SSSR count). The van der Waals surface area contributed by atoms with Gasteiger partial charge >= 0.3 is 11.9 Å². The van der Waals surface area contributed by atoms with Crippen LogP contribution in [0.3, 0.4) is 0 Å². The average molecular weight is 270 g/mol. The lowest BCUT2D eigenvalue weighted by Crippen LogP contribution is -2.11. The van der Waals surface area contributed by atoms with Gasteiger partial charge in [-0.1, -0.05) is 26.5 Å². The summed E-state index contributed by atoms with van der Waals surface area (Å²) in [6.45, 7) is 16.3. The van der Waals surface area contributed by atoms with Crippen LogP contribution in [0.25, 0.3) is 0 Å². The van der Waals surface area contributed by atoms with Gasteiger partial charge in [-0.3, -0.25) is 0 Å². The summed E-state index contributed by atoms with van der Waals surface area (Å²) in [5.74, 6) is -0.599. The Hall–Kier alpha value is -1.58. The Bertz CT molecular complexity index is 316. The van der Waals surface area contributed by atoms with Crippen molar-refractivity contribution in [2.75, 3.05) is 6.61 Å². The number of hydrogen-bond donors (Lipinski definition) is 0. The molecule has 0 aromatic rings. The van der Waals surface area contributed by atoms with Crippen LogP contribution in [0, 0.1) is 0 Å². The van der Waals surface area contributed by atoms with Gasteiger partial charge in [0.05, 0.1) is 12.7 Å². The first-order chi connectivity index (χ1) is 8.72. The van der Waals surface area contributed by atoms with Crippen molar-refractivity contribution >= 4 is 11.9 Å². The minimum absolute atomic E-state index is 0.0470. The van der Waals surface area contributed by atoms with Crippen LogP contribution in [0.5, 0.6) is 0 Å². The molecule has 0 radical (unpaired) electrons. The van der Waals surface area contributed by atoms with Crippen molar-refractivity contribution in [1.29, 1.82) is 0 Å². The highest BCUT2D eigenvalue weighted by Gasteiger charge is 2.03. The van der Waals surface area contributed by atoms with Crippen molar-refractivity contribution in [2.45, 2.75) is 53.6 Å². The summed E-state index contributed by atoms with van der Waals surface area (Å²) in [5, 5.41) is 0. The second-order valence-electron chi connectivity index (χ2n) is 4.50. The van der Waals surface area contributed by atoms with Gasteiger partial charge < -0.3 is 9.47 Å².